The van der Waals surface area contributed by atoms with E-state index in [2.05, 4.69) is 39.6 Å². The maximum absolute atomic E-state index is 12.6. The van der Waals surface area contributed by atoms with Crippen molar-refractivity contribution < 1.29 is 4.79 Å². The van der Waals surface area contributed by atoms with Gasteiger partial charge in [-0.2, -0.15) is 0 Å². The van der Waals surface area contributed by atoms with Crippen molar-refractivity contribution >= 4 is 50.7 Å². The number of benzene rings is 1. The summed E-state index contributed by atoms with van der Waals surface area (Å²) in [5.74, 6) is -0.0689. The highest BCUT2D eigenvalue weighted by molar-refractivity contribution is 8.00. The highest BCUT2D eigenvalue weighted by atomic mass is 32.2. The predicted molar refractivity (Wildman–Crippen MR) is 106 cm³/mol. The van der Waals surface area contributed by atoms with Crippen molar-refractivity contribution in [2.75, 3.05) is 5.32 Å². The third-order valence-electron chi connectivity index (χ3n) is 4.15. The van der Waals surface area contributed by atoms with Crippen molar-refractivity contribution in [3.8, 4) is 0 Å². The van der Waals surface area contributed by atoms with Crippen LogP contribution in [0.3, 0.4) is 0 Å². The Bertz CT molecular complexity index is 1070. The van der Waals surface area contributed by atoms with Crippen LogP contribution in [-0.4, -0.2) is 30.7 Å². The zero-order valence-electron chi connectivity index (χ0n) is 14.3. The van der Waals surface area contributed by atoms with Gasteiger partial charge in [0.2, 0.25) is 5.91 Å². The van der Waals surface area contributed by atoms with E-state index in [0.717, 1.165) is 27.3 Å². The number of rotatable bonds is 5. The van der Waals surface area contributed by atoms with Crippen LogP contribution in [0.1, 0.15) is 18.9 Å². The van der Waals surface area contributed by atoms with E-state index < -0.39 is 0 Å². The van der Waals surface area contributed by atoms with Gasteiger partial charge in [-0.3, -0.25) is 9.20 Å². The van der Waals surface area contributed by atoms with Crippen molar-refractivity contribution in [1.29, 1.82) is 0 Å². The highest BCUT2D eigenvalue weighted by Gasteiger charge is 2.22. The molecule has 0 aliphatic heterocycles. The number of hydrogen-bond acceptors (Lipinski definition) is 6. The van der Waals surface area contributed by atoms with Crippen molar-refractivity contribution in [3.63, 3.8) is 0 Å². The van der Waals surface area contributed by atoms with Gasteiger partial charge in [0, 0.05) is 17.0 Å². The number of anilines is 1. The Hall–Kier alpha value is -2.45. The molecule has 6 nitrogen and oxygen atoms in total. The Balaban J connectivity index is 1.70. The van der Waals surface area contributed by atoms with E-state index >= 15 is 0 Å². The average molecular weight is 384 g/mol. The largest absolute Gasteiger partial charge is 0.301 e. The number of aromatic nitrogens is 4. The van der Waals surface area contributed by atoms with E-state index in [-0.39, 0.29) is 11.2 Å². The van der Waals surface area contributed by atoms with Crippen LogP contribution in [0.25, 0.3) is 16.6 Å². The van der Waals surface area contributed by atoms with Gasteiger partial charge < -0.3 is 5.32 Å². The number of aryl methyl sites for hydroxylation is 1. The summed E-state index contributed by atoms with van der Waals surface area (Å²) in [7, 11) is 0. The number of thiazole rings is 1. The molecule has 132 valence electrons. The van der Waals surface area contributed by atoms with Crippen LogP contribution in [0, 0.1) is 6.92 Å². The second-order valence-corrected chi connectivity index (χ2v) is 7.93. The summed E-state index contributed by atoms with van der Waals surface area (Å²) in [6.45, 7) is 4.06. The lowest BCUT2D eigenvalue weighted by Crippen LogP contribution is -2.24. The van der Waals surface area contributed by atoms with E-state index in [1.807, 2.05) is 34.9 Å². The number of fused-ring (bicyclic) bond motifs is 3. The van der Waals surface area contributed by atoms with Crippen molar-refractivity contribution in [2.24, 2.45) is 0 Å². The lowest BCUT2D eigenvalue weighted by molar-refractivity contribution is -0.115. The van der Waals surface area contributed by atoms with Crippen molar-refractivity contribution in [3.05, 3.63) is 47.5 Å². The number of hydrogen-bond donors (Lipinski definition) is 1. The van der Waals surface area contributed by atoms with Crippen LogP contribution in [0.15, 0.2) is 47.1 Å². The summed E-state index contributed by atoms with van der Waals surface area (Å²) >= 11 is 2.84. The number of amides is 1. The van der Waals surface area contributed by atoms with Crippen LogP contribution in [0.5, 0.6) is 0 Å². The smallest absolute Gasteiger partial charge is 0.239 e. The SMILES string of the molecule is CCC(Sc1nnc2cc(C)c3ccccc3n12)C(=O)Nc1nccs1. The molecule has 3 aromatic heterocycles. The number of nitrogens with zero attached hydrogens (tertiary/aromatic N) is 4. The summed E-state index contributed by atoms with van der Waals surface area (Å²) < 4.78 is 2.02. The molecular formula is C18H17N5OS2. The zero-order chi connectivity index (χ0) is 18.1. The van der Waals surface area contributed by atoms with Crippen LogP contribution in [0.2, 0.25) is 0 Å². The van der Waals surface area contributed by atoms with Gasteiger partial charge in [0.05, 0.1) is 10.8 Å². The summed E-state index contributed by atoms with van der Waals surface area (Å²) in [4.78, 5) is 16.7. The molecule has 3 heterocycles. The van der Waals surface area contributed by atoms with E-state index in [9.17, 15) is 4.79 Å². The molecule has 0 aliphatic rings. The van der Waals surface area contributed by atoms with Crippen LogP contribution < -0.4 is 5.32 Å². The fourth-order valence-corrected chi connectivity index (χ4v) is 4.38. The molecule has 0 bridgehead atoms. The number of para-hydroxylation sites is 1. The van der Waals surface area contributed by atoms with Crippen molar-refractivity contribution in [1.82, 2.24) is 19.6 Å². The normalized spacial score (nSPS) is 12.5. The second kappa shape index (κ2) is 7.05. The minimum absolute atomic E-state index is 0.0689. The summed E-state index contributed by atoms with van der Waals surface area (Å²) in [6.07, 6.45) is 2.36. The first-order chi connectivity index (χ1) is 12.7. The minimum Gasteiger partial charge on any atom is -0.301 e. The van der Waals surface area contributed by atoms with E-state index in [1.165, 1.54) is 23.1 Å². The predicted octanol–water partition coefficient (Wildman–Crippen LogP) is 4.16. The number of nitrogens with one attached hydrogen (secondary N) is 1. The fourth-order valence-electron chi connectivity index (χ4n) is 2.87. The van der Waals surface area contributed by atoms with Gasteiger partial charge in [-0.25, -0.2) is 4.98 Å². The summed E-state index contributed by atoms with van der Waals surface area (Å²) in [5, 5.41) is 15.6. The molecule has 1 unspecified atom stereocenters. The Morgan fingerprint density at radius 2 is 2.19 bits per heavy atom. The Morgan fingerprint density at radius 1 is 1.35 bits per heavy atom. The van der Waals surface area contributed by atoms with E-state index in [0.29, 0.717) is 11.6 Å². The third kappa shape index (κ3) is 3.06. The summed E-state index contributed by atoms with van der Waals surface area (Å²) in [6, 6.07) is 10.2. The molecule has 4 rings (SSSR count). The van der Waals surface area contributed by atoms with E-state index in [4.69, 9.17) is 0 Å². The quantitative estimate of drug-likeness (QED) is 0.524. The lowest BCUT2D eigenvalue weighted by Gasteiger charge is -2.13. The molecule has 0 spiro atoms. The van der Waals surface area contributed by atoms with E-state index in [1.54, 1.807) is 6.20 Å². The average Bonchev–Trinajstić information content (AvgIpc) is 3.29. The zero-order valence-corrected chi connectivity index (χ0v) is 16.0. The molecule has 1 aromatic carbocycles. The fraction of sp³-hybridized carbons (Fsp3) is 0.222. The molecule has 26 heavy (non-hydrogen) atoms. The topological polar surface area (TPSA) is 72.2 Å². The van der Waals surface area contributed by atoms with Crippen LogP contribution >= 0.6 is 23.1 Å². The molecule has 0 fully saturated rings. The molecule has 8 heteroatoms. The second-order valence-electron chi connectivity index (χ2n) is 5.86. The van der Waals surface area contributed by atoms with Crippen LogP contribution in [0.4, 0.5) is 5.13 Å². The monoisotopic (exact) mass is 383 g/mol. The molecule has 0 saturated heterocycles. The molecule has 1 amide bonds. The molecule has 1 atom stereocenters. The highest BCUT2D eigenvalue weighted by Crippen LogP contribution is 2.29. The number of carbonyl (C=O) groups excluding carboxylic acids is 1. The van der Waals surface area contributed by atoms with Gasteiger partial charge in [-0.1, -0.05) is 36.9 Å². The van der Waals surface area contributed by atoms with Gasteiger partial charge in [0.1, 0.15) is 0 Å². The maximum atomic E-state index is 12.6. The first-order valence-corrected chi connectivity index (χ1v) is 10.0. The van der Waals surface area contributed by atoms with Crippen molar-refractivity contribution in [2.45, 2.75) is 30.7 Å². The number of carbonyl (C=O) groups is 1. The molecule has 0 radical (unpaired) electrons. The number of pyridine rings is 1. The molecule has 0 aliphatic carbocycles. The lowest BCUT2D eigenvalue weighted by atomic mass is 10.1. The first kappa shape index (κ1) is 17.0. The van der Waals surface area contributed by atoms with Gasteiger partial charge in [-0.15, -0.1) is 21.5 Å². The molecular weight excluding hydrogens is 366 g/mol. The van der Waals surface area contributed by atoms with Gasteiger partial charge in [-0.05, 0) is 31.0 Å². The maximum Gasteiger partial charge on any atom is 0.239 e. The summed E-state index contributed by atoms with van der Waals surface area (Å²) in [5.41, 5.74) is 3.00. The minimum atomic E-state index is -0.272. The van der Waals surface area contributed by atoms with Gasteiger partial charge in [0.25, 0.3) is 0 Å². The third-order valence-corrected chi connectivity index (χ3v) is 6.14. The van der Waals surface area contributed by atoms with Gasteiger partial charge >= 0.3 is 0 Å². The Labute approximate surface area is 158 Å². The standard InChI is InChI=1S/C18H17N5OS2/c1-3-14(16(24)20-17-19-8-9-25-17)26-18-22-21-15-10-11(2)12-6-4-5-7-13(12)23(15)18/h4-10,14H,3H2,1-2H3,(H,19,20,24). The molecule has 1 N–H and O–H groups in total. The number of thioether (sulfide) groups is 1. The van der Waals surface area contributed by atoms with Gasteiger partial charge in [0.15, 0.2) is 15.9 Å². The first-order valence-electron chi connectivity index (χ1n) is 8.28. The molecule has 4 aromatic rings. The Morgan fingerprint density at radius 3 is 2.96 bits per heavy atom. The Kier molecular flexibility index (Phi) is 4.60. The molecule has 0 saturated carbocycles. The van der Waals surface area contributed by atoms with Crippen LogP contribution in [-0.2, 0) is 4.79 Å².